The molecule has 1 aliphatic rings. The Hall–Kier alpha value is -1.06. The van der Waals surface area contributed by atoms with Crippen LogP contribution in [-0.2, 0) is 0 Å². The molecule has 0 spiro atoms. The summed E-state index contributed by atoms with van der Waals surface area (Å²) in [6.45, 7) is 3.92. The molecule has 2 N–H and O–H groups in total. The van der Waals surface area contributed by atoms with E-state index in [1.807, 2.05) is 19.1 Å². The molecule has 1 aromatic carbocycles. The average Bonchev–Trinajstić information content (AvgIpc) is 2.58. The first-order valence-corrected chi connectivity index (χ1v) is 6.37. The van der Waals surface area contributed by atoms with Crippen LogP contribution in [0, 0.1) is 5.92 Å². The highest BCUT2D eigenvalue weighted by molar-refractivity contribution is 5.36. The molecule has 94 valence electrons. The average molecular weight is 235 g/mol. The summed E-state index contributed by atoms with van der Waals surface area (Å²) in [4.78, 5) is 0. The van der Waals surface area contributed by atoms with Gasteiger partial charge in [0.05, 0.1) is 6.61 Å². The van der Waals surface area contributed by atoms with Gasteiger partial charge in [-0.2, -0.15) is 0 Å². The minimum atomic E-state index is 0.234. The Morgan fingerprint density at radius 2 is 2.29 bits per heavy atom. The Bertz CT molecular complexity index is 354. The van der Waals surface area contributed by atoms with E-state index in [0.717, 1.165) is 31.7 Å². The molecule has 1 heterocycles. The number of hydrogen-bond acceptors (Lipinski definition) is 3. The molecule has 0 bridgehead atoms. The van der Waals surface area contributed by atoms with Crippen LogP contribution in [-0.4, -0.2) is 24.9 Å². The number of ether oxygens (including phenoxy) is 1. The van der Waals surface area contributed by atoms with Gasteiger partial charge in [0.2, 0.25) is 0 Å². The summed E-state index contributed by atoms with van der Waals surface area (Å²) >= 11 is 0. The smallest absolute Gasteiger partial charge is 0.124 e. The number of nitrogens with one attached hydrogen (secondary N) is 1. The third kappa shape index (κ3) is 3.20. The number of fused-ring (bicyclic) bond motifs is 1. The third-order valence-electron chi connectivity index (χ3n) is 3.21. The van der Waals surface area contributed by atoms with Crippen LogP contribution in [0.5, 0.6) is 5.75 Å². The van der Waals surface area contributed by atoms with Crippen molar-refractivity contribution in [2.45, 2.75) is 25.8 Å². The molecule has 1 aliphatic heterocycles. The monoisotopic (exact) mass is 235 g/mol. The number of aliphatic hydroxyl groups is 1. The lowest BCUT2D eigenvalue weighted by Gasteiger charge is -2.20. The predicted molar refractivity (Wildman–Crippen MR) is 68.2 cm³/mol. The summed E-state index contributed by atoms with van der Waals surface area (Å²) in [6, 6.07) is 8.57. The van der Waals surface area contributed by atoms with Gasteiger partial charge < -0.3 is 15.2 Å². The second kappa shape index (κ2) is 6.03. The molecule has 0 saturated carbocycles. The zero-order chi connectivity index (χ0) is 12.1. The highest BCUT2D eigenvalue weighted by atomic mass is 16.5. The minimum absolute atomic E-state index is 0.234. The number of aliphatic hydroxyl groups excluding tert-OH is 1. The van der Waals surface area contributed by atoms with Crippen molar-refractivity contribution in [1.82, 2.24) is 5.32 Å². The van der Waals surface area contributed by atoms with E-state index in [0.29, 0.717) is 12.0 Å². The fourth-order valence-corrected chi connectivity index (χ4v) is 2.14. The Balaban J connectivity index is 2.06. The molecular formula is C14H21NO2. The first-order valence-electron chi connectivity index (χ1n) is 6.37. The molecule has 2 atom stereocenters. The maximum absolute atomic E-state index is 9.05. The molecule has 2 rings (SSSR count). The molecule has 3 heteroatoms. The van der Waals surface area contributed by atoms with Crippen molar-refractivity contribution in [2.24, 2.45) is 5.92 Å². The lowest BCUT2D eigenvalue weighted by atomic mass is 10.0. The number of benzene rings is 1. The first kappa shape index (κ1) is 12.4. The van der Waals surface area contributed by atoms with Crippen LogP contribution in [0.4, 0.5) is 0 Å². The topological polar surface area (TPSA) is 41.5 Å². The van der Waals surface area contributed by atoms with E-state index in [1.165, 1.54) is 5.56 Å². The SMILES string of the molecule is CC(CO)CNC1CCCOc2ccccc21. The first-order chi connectivity index (χ1) is 8.31. The van der Waals surface area contributed by atoms with Crippen LogP contribution in [0.1, 0.15) is 31.4 Å². The Kier molecular flexibility index (Phi) is 4.40. The zero-order valence-electron chi connectivity index (χ0n) is 10.4. The van der Waals surface area contributed by atoms with E-state index in [4.69, 9.17) is 9.84 Å². The van der Waals surface area contributed by atoms with Crippen LogP contribution >= 0.6 is 0 Å². The van der Waals surface area contributed by atoms with E-state index >= 15 is 0 Å². The lowest BCUT2D eigenvalue weighted by molar-refractivity contribution is 0.229. The summed E-state index contributed by atoms with van der Waals surface area (Å²) in [6.07, 6.45) is 2.16. The molecule has 0 amide bonds. The quantitative estimate of drug-likeness (QED) is 0.840. The van der Waals surface area contributed by atoms with Crippen LogP contribution in [0.2, 0.25) is 0 Å². The standard InChI is InChI=1S/C14H21NO2/c1-11(10-16)9-15-13-6-4-8-17-14-7-3-2-5-12(13)14/h2-3,5,7,11,13,15-16H,4,6,8-10H2,1H3. The molecule has 0 saturated heterocycles. The largest absolute Gasteiger partial charge is 0.493 e. The molecule has 3 nitrogen and oxygen atoms in total. The maximum atomic E-state index is 9.05. The van der Waals surface area contributed by atoms with E-state index in [9.17, 15) is 0 Å². The maximum Gasteiger partial charge on any atom is 0.124 e. The van der Waals surface area contributed by atoms with Gasteiger partial charge in [-0.05, 0) is 24.8 Å². The Morgan fingerprint density at radius 3 is 3.12 bits per heavy atom. The molecule has 0 radical (unpaired) electrons. The van der Waals surface area contributed by atoms with Gasteiger partial charge in [0.1, 0.15) is 5.75 Å². The van der Waals surface area contributed by atoms with E-state index in [1.54, 1.807) is 0 Å². The highest BCUT2D eigenvalue weighted by Crippen LogP contribution is 2.31. The summed E-state index contributed by atoms with van der Waals surface area (Å²) in [5.74, 6) is 1.30. The Labute approximate surface area is 103 Å². The Morgan fingerprint density at radius 1 is 1.47 bits per heavy atom. The molecule has 0 aromatic heterocycles. The fraction of sp³-hybridized carbons (Fsp3) is 0.571. The van der Waals surface area contributed by atoms with Crippen LogP contribution < -0.4 is 10.1 Å². The third-order valence-corrected chi connectivity index (χ3v) is 3.21. The van der Waals surface area contributed by atoms with E-state index in [2.05, 4.69) is 17.4 Å². The summed E-state index contributed by atoms with van der Waals surface area (Å²) < 4.78 is 5.72. The van der Waals surface area contributed by atoms with Gasteiger partial charge in [-0.15, -0.1) is 0 Å². The summed E-state index contributed by atoms with van der Waals surface area (Å²) in [7, 11) is 0. The lowest BCUT2D eigenvalue weighted by Crippen LogP contribution is -2.27. The highest BCUT2D eigenvalue weighted by Gasteiger charge is 2.19. The van der Waals surface area contributed by atoms with Gasteiger partial charge in [0, 0.05) is 24.8 Å². The van der Waals surface area contributed by atoms with Crippen molar-refractivity contribution < 1.29 is 9.84 Å². The van der Waals surface area contributed by atoms with Crippen molar-refractivity contribution in [2.75, 3.05) is 19.8 Å². The van der Waals surface area contributed by atoms with Crippen molar-refractivity contribution in [3.8, 4) is 5.75 Å². The predicted octanol–water partition coefficient (Wildman–Crippen LogP) is 2.12. The van der Waals surface area contributed by atoms with Gasteiger partial charge >= 0.3 is 0 Å². The van der Waals surface area contributed by atoms with Crippen LogP contribution in [0.25, 0.3) is 0 Å². The van der Waals surface area contributed by atoms with Gasteiger partial charge in [-0.25, -0.2) is 0 Å². The number of rotatable bonds is 4. The van der Waals surface area contributed by atoms with E-state index < -0.39 is 0 Å². The van der Waals surface area contributed by atoms with Gasteiger partial charge in [-0.1, -0.05) is 25.1 Å². The molecule has 0 aliphatic carbocycles. The molecule has 1 aromatic rings. The zero-order valence-corrected chi connectivity index (χ0v) is 10.4. The second-order valence-corrected chi connectivity index (χ2v) is 4.78. The molecule has 2 unspecified atom stereocenters. The van der Waals surface area contributed by atoms with Crippen LogP contribution in [0.15, 0.2) is 24.3 Å². The van der Waals surface area contributed by atoms with Gasteiger partial charge in [0.15, 0.2) is 0 Å². The molecule has 17 heavy (non-hydrogen) atoms. The van der Waals surface area contributed by atoms with Gasteiger partial charge in [0.25, 0.3) is 0 Å². The minimum Gasteiger partial charge on any atom is -0.493 e. The van der Waals surface area contributed by atoms with Crippen molar-refractivity contribution >= 4 is 0 Å². The second-order valence-electron chi connectivity index (χ2n) is 4.78. The fourth-order valence-electron chi connectivity index (χ4n) is 2.14. The van der Waals surface area contributed by atoms with Gasteiger partial charge in [-0.3, -0.25) is 0 Å². The van der Waals surface area contributed by atoms with Crippen molar-refractivity contribution in [1.29, 1.82) is 0 Å². The van der Waals surface area contributed by atoms with Crippen LogP contribution in [0.3, 0.4) is 0 Å². The normalized spacial score (nSPS) is 21.2. The summed E-state index contributed by atoms with van der Waals surface area (Å²) in [5.41, 5.74) is 1.25. The molecular weight excluding hydrogens is 214 g/mol. The number of para-hydroxylation sites is 1. The number of hydrogen-bond donors (Lipinski definition) is 2. The van der Waals surface area contributed by atoms with Crippen molar-refractivity contribution in [3.05, 3.63) is 29.8 Å². The van der Waals surface area contributed by atoms with E-state index in [-0.39, 0.29) is 6.61 Å². The summed E-state index contributed by atoms with van der Waals surface area (Å²) in [5, 5.41) is 12.6. The van der Waals surface area contributed by atoms with Crippen molar-refractivity contribution in [3.63, 3.8) is 0 Å². The molecule has 0 fully saturated rings.